The molecule has 0 amide bonds. The van der Waals surface area contributed by atoms with Crippen molar-refractivity contribution in [3.8, 4) is 0 Å². The Bertz CT molecular complexity index is 450. The lowest BCUT2D eigenvalue weighted by Gasteiger charge is -2.33. The van der Waals surface area contributed by atoms with Gasteiger partial charge < -0.3 is 4.57 Å². The van der Waals surface area contributed by atoms with Crippen LogP contribution in [0.2, 0.25) is 38.3 Å². The molecule has 0 aliphatic rings. The smallest absolute Gasteiger partial charge is 0.121 e. The Kier molecular flexibility index (Phi) is 5.98. The van der Waals surface area contributed by atoms with Gasteiger partial charge in [-0.05, 0) is 31.7 Å². The Morgan fingerprint density at radius 3 is 2.30 bits per heavy atom. The standard InChI is InChI=1S/C17H31NSi2/c1-8-16-10-9-11-17(14-16)15-19(4,5)12-13-20(6,7)18(2)3/h8-11,14H,1,12-13,15H2,2-7H3. The molecule has 3 heteroatoms. The van der Waals surface area contributed by atoms with Gasteiger partial charge in [0.15, 0.2) is 0 Å². The summed E-state index contributed by atoms with van der Waals surface area (Å²) < 4.78 is 2.48. The fourth-order valence-corrected chi connectivity index (χ4v) is 9.44. The molecule has 0 aliphatic heterocycles. The van der Waals surface area contributed by atoms with Crippen molar-refractivity contribution >= 4 is 22.4 Å². The van der Waals surface area contributed by atoms with Crippen LogP contribution in [0.15, 0.2) is 30.8 Å². The minimum absolute atomic E-state index is 1.16. The second-order valence-electron chi connectivity index (χ2n) is 7.50. The van der Waals surface area contributed by atoms with Crippen LogP contribution in [-0.4, -0.2) is 35.0 Å². The predicted molar refractivity (Wildman–Crippen MR) is 98.5 cm³/mol. The van der Waals surface area contributed by atoms with Crippen molar-refractivity contribution in [2.45, 2.75) is 44.3 Å². The number of rotatable bonds is 7. The van der Waals surface area contributed by atoms with Crippen molar-refractivity contribution in [3.63, 3.8) is 0 Å². The fourth-order valence-electron chi connectivity index (χ4n) is 2.34. The summed E-state index contributed by atoms with van der Waals surface area (Å²) in [4.78, 5) is 0. The minimum Gasteiger partial charge on any atom is -0.329 e. The van der Waals surface area contributed by atoms with E-state index >= 15 is 0 Å². The first kappa shape index (κ1) is 17.4. The molecule has 0 spiro atoms. The van der Waals surface area contributed by atoms with E-state index in [0.29, 0.717) is 0 Å². The number of nitrogens with zero attached hydrogens (tertiary/aromatic N) is 1. The van der Waals surface area contributed by atoms with Gasteiger partial charge in [-0.3, -0.25) is 0 Å². The van der Waals surface area contributed by atoms with E-state index in [-0.39, 0.29) is 0 Å². The molecule has 0 unspecified atom stereocenters. The molecular weight excluding hydrogens is 274 g/mol. The van der Waals surface area contributed by atoms with E-state index in [1.54, 1.807) is 0 Å². The average Bonchev–Trinajstić information content (AvgIpc) is 2.36. The molecule has 1 aromatic carbocycles. The van der Waals surface area contributed by atoms with E-state index in [2.05, 4.69) is 75.7 Å². The zero-order valence-corrected chi connectivity index (χ0v) is 16.2. The maximum Gasteiger partial charge on any atom is 0.121 e. The van der Waals surface area contributed by atoms with E-state index < -0.39 is 16.3 Å². The third kappa shape index (κ3) is 5.39. The van der Waals surface area contributed by atoms with Crippen molar-refractivity contribution in [2.24, 2.45) is 0 Å². The first-order valence-electron chi connectivity index (χ1n) is 7.55. The molecule has 0 saturated heterocycles. The maximum absolute atomic E-state index is 3.87. The third-order valence-electron chi connectivity index (χ3n) is 4.49. The Morgan fingerprint density at radius 2 is 1.75 bits per heavy atom. The highest BCUT2D eigenvalue weighted by atomic mass is 28.3. The molecule has 0 aliphatic carbocycles. The van der Waals surface area contributed by atoms with Crippen molar-refractivity contribution in [3.05, 3.63) is 42.0 Å². The highest BCUT2D eigenvalue weighted by molar-refractivity contribution is 6.81. The summed E-state index contributed by atoms with van der Waals surface area (Å²) in [6.45, 7) is 13.9. The fraction of sp³-hybridized carbons (Fsp3) is 0.529. The molecule has 0 bridgehead atoms. The summed E-state index contributed by atoms with van der Waals surface area (Å²) in [6.07, 6.45) is 1.94. The third-order valence-corrected chi connectivity index (χ3v) is 11.9. The lowest BCUT2D eigenvalue weighted by atomic mass is 10.1. The van der Waals surface area contributed by atoms with Gasteiger partial charge in [-0.15, -0.1) is 0 Å². The lowest BCUT2D eigenvalue weighted by Crippen LogP contribution is -2.45. The Balaban J connectivity index is 2.67. The van der Waals surface area contributed by atoms with Gasteiger partial charge in [0.05, 0.1) is 8.07 Å². The summed E-state index contributed by atoms with van der Waals surface area (Å²) >= 11 is 0. The van der Waals surface area contributed by atoms with Crippen LogP contribution in [-0.2, 0) is 6.04 Å². The van der Waals surface area contributed by atoms with E-state index in [9.17, 15) is 0 Å². The quantitative estimate of drug-likeness (QED) is 0.649. The summed E-state index contributed by atoms with van der Waals surface area (Å²) in [7, 11) is 2.15. The molecule has 1 aromatic rings. The van der Waals surface area contributed by atoms with Crippen molar-refractivity contribution in [1.29, 1.82) is 0 Å². The topological polar surface area (TPSA) is 3.24 Å². The van der Waals surface area contributed by atoms with Crippen LogP contribution >= 0.6 is 0 Å². The Hall–Kier alpha value is -0.646. The first-order valence-corrected chi connectivity index (χ1v) is 14.1. The van der Waals surface area contributed by atoms with Gasteiger partial charge in [0.1, 0.15) is 8.24 Å². The summed E-state index contributed by atoms with van der Waals surface area (Å²) in [6, 6.07) is 13.0. The molecule has 0 heterocycles. The van der Waals surface area contributed by atoms with E-state index in [4.69, 9.17) is 0 Å². The zero-order valence-electron chi connectivity index (χ0n) is 14.2. The summed E-state index contributed by atoms with van der Waals surface area (Å²) in [5, 5.41) is 0. The predicted octanol–water partition coefficient (Wildman–Crippen LogP) is 4.89. The second kappa shape index (κ2) is 6.88. The molecule has 0 aromatic heterocycles. The molecule has 0 saturated carbocycles. The number of hydrogen-bond acceptors (Lipinski definition) is 1. The Labute approximate surface area is 127 Å². The monoisotopic (exact) mass is 305 g/mol. The molecule has 1 nitrogen and oxygen atoms in total. The van der Waals surface area contributed by atoms with Gasteiger partial charge >= 0.3 is 0 Å². The van der Waals surface area contributed by atoms with Crippen molar-refractivity contribution < 1.29 is 0 Å². The molecule has 0 fully saturated rings. The molecule has 112 valence electrons. The van der Waals surface area contributed by atoms with Gasteiger partial charge in [0.2, 0.25) is 0 Å². The van der Waals surface area contributed by atoms with Crippen molar-refractivity contribution in [2.75, 3.05) is 14.1 Å². The molecular formula is C17H31NSi2. The zero-order chi connectivity index (χ0) is 15.4. The van der Waals surface area contributed by atoms with Gasteiger partial charge in [0.25, 0.3) is 0 Å². The minimum atomic E-state index is -1.17. The maximum atomic E-state index is 3.87. The molecule has 0 atom stereocenters. The van der Waals surface area contributed by atoms with Gasteiger partial charge in [-0.2, -0.15) is 0 Å². The normalized spacial score (nSPS) is 12.8. The largest absolute Gasteiger partial charge is 0.329 e. The van der Waals surface area contributed by atoms with Gasteiger partial charge in [0, 0.05) is 0 Å². The summed E-state index contributed by atoms with van der Waals surface area (Å²) in [5.41, 5.74) is 2.73. The SMILES string of the molecule is C=Cc1cccc(C[Si](C)(C)CC[Si](C)(C)N(C)C)c1. The molecule has 20 heavy (non-hydrogen) atoms. The second-order valence-corrected chi connectivity index (χ2v) is 17.7. The average molecular weight is 306 g/mol. The van der Waals surface area contributed by atoms with Gasteiger partial charge in [-0.25, -0.2) is 0 Å². The Morgan fingerprint density at radius 1 is 1.10 bits per heavy atom. The van der Waals surface area contributed by atoms with E-state index in [1.165, 1.54) is 29.3 Å². The van der Waals surface area contributed by atoms with Crippen LogP contribution in [0.3, 0.4) is 0 Å². The van der Waals surface area contributed by atoms with Crippen LogP contribution in [0.4, 0.5) is 0 Å². The van der Waals surface area contributed by atoms with E-state index in [1.807, 2.05) is 6.08 Å². The van der Waals surface area contributed by atoms with Crippen LogP contribution < -0.4 is 0 Å². The van der Waals surface area contributed by atoms with Crippen LogP contribution in [0.5, 0.6) is 0 Å². The number of benzene rings is 1. The van der Waals surface area contributed by atoms with Crippen LogP contribution in [0.25, 0.3) is 6.08 Å². The summed E-state index contributed by atoms with van der Waals surface area (Å²) in [5.74, 6) is 0. The van der Waals surface area contributed by atoms with Crippen LogP contribution in [0.1, 0.15) is 11.1 Å². The number of hydrogen-bond donors (Lipinski definition) is 0. The highest BCUT2D eigenvalue weighted by Crippen LogP contribution is 2.24. The molecule has 1 rings (SSSR count). The van der Waals surface area contributed by atoms with Gasteiger partial charge in [-0.1, -0.05) is 74.7 Å². The molecule has 0 radical (unpaired) electrons. The van der Waals surface area contributed by atoms with Crippen LogP contribution in [0, 0.1) is 0 Å². The highest BCUT2D eigenvalue weighted by Gasteiger charge is 2.29. The van der Waals surface area contributed by atoms with E-state index in [0.717, 1.165) is 0 Å². The first-order chi connectivity index (χ1) is 9.16. The molecule has 0 N–H and O–H groups in total. The van der Waals surface area contributed by atoms with Crippen molar-refractivity contribution in [1.82, 2.24) is 4.57 Å². The lowest BCUT2D eigenvalue weighted by molar-refractivity contribution is 0.618.